The summed E-state index contributed by atoms with van der Waals surface area (Å²) in [6.45, 7) is 9.49. The number of carbonyl (C=O) groups is 1. The van der Waals surface area contributed by atoms with Gasteiger partial charge in [-0.1, -0.05) is 20.8 Å². The topological polar surface area (TPSA) is 78.1 Å². The largest absolute Gasteiger partial charge is 0.338 e. The summed E-state index contributed by atoms with van der Waals surface area (Å²) in [5.41, 5.74) is 1.55. The first kappa shape index (κ1) is 20.6. The Labute approximate surface area is 149 Å². The van der Waals surface area contributed by atoms with Crippen molar-refractivity contribution < 1.29 is 4.79 Å². The Morgan fingerprint density at radius 3 is 2.46 bits per heavy atom. The Morgan fingerprint density at radius 1 is 1.25 bits per heavy atom. The number of rotatable bonds is 6. The van der Waals surface area contributed by atoms with Crippen LogP contribution in [0.15, 0.2) is 4.79 Å². The van der Waals surface area contributed by atoms with Crippen LogP contribution in [0, 0.1) is 5.92 Å². The fourth-order valence-corrected chi connectivity index (χ4v) is 3.27. The molecule has 0 spiro atoms. The minimum Gasteiger partial charge on any atom is -0.338 e. The van der Waals surface area contributed by atoms with Crippen LogP contribution in [0.5, 0.6) is 0 Å². The van der Waals surface area contributed by atoms with Crippen LogP contribution in [0.25, 0.3) is 0 Å². The summed E-state index contributed by atoms with van der Waals surface area (Å²) in [7, 11) is 0. The molecule has 0 atom stereocenters. The Kier molecular flexibility index (Phi) is 8.42. The lowest BCUT2D eigenvalue weighted by Crippen LogP contribution is -2.43. The first-order valence-electron chi connectivity index (χ1n) is 8.72. The monoisotopic (exact) mass is 356 g/mol. The van der Waals surface area contributed by atoms with Gasteiger partial charge in [0.25, 0.3) is 11.5 Å². The molecule has 0 unspecified atom stereocenters. The number of piperidine rings is 1. The van der Waals surface area contributed by atoms with E-state index in [0.29, 0.717) is 24.3 Å². The van der Waals surface area contributed by atoms with Gasteiger partial charge in [0.2, 0.25) is 0 Å². The third-order valence-electron chi connectivity index (χ3n) is 4.66. The molecule has 1 aromatic rings. The molecule has 6 nitrogen and oxygen atoms in total. The number of nitrogens with one attached hydrogen (secondary N) is 2. The lowest BCUT2D eigenvalue weighted by Gasteiger charge is -2.32. The summed E-state index contributed by atoms with van der Waals surface area (Å²) >= 11 is 0. The van der Waals surface area contributed by atoms with E-state index in [9.17, 15) is 9.59 Å². The van der Waals surface area contributed by atoms with E-state index in [-0.39, 0.29) is 23.9 Å². The summed E-state index contributed by atoms with van der Waals surface area (Å²) in [4.78, 5) is 26.9. The molecular formula is C17H29ClN4O2. The maximum absolute atomic E-state index is 12.9. The van der Waals surface area contributed by atoms with Crippen molar-refractivity contribution in [3.05, 3.63) is 27.2 Å². The second-order valence-corrected chi connectivity index (χ2v) is 6.10. The molecule has 0 saturated carbocycles. The van der Waals surface area contributed by atoms with Gasteiger partial charge in [-0.3, -0.25) is 9.59 Å². The maximum Gasteiger partial charge on any atom is 0.277 e. The Balaban J connectivity index is 0.00000288. The highest BCUT2D eigenvalue weighted by Crippen LogP contribution is 2.19. The molecule has 24 heavy (non-hydrogen) atoms. The minimum atomic E-state index is -0.362. The molecule has 2 rings (SSSR count). The van der Waals surface area contributed by atoms with Gasteiger partial charge in [0, 0.05) is 13.1 Å². The number of halogens is 1. The number of hydrogen-bond acceptors (Lipinski definition) is 4. The molecule has 7 heteroatoms. The smallest absolute Gasteiger partial charge is 0.277 e. The van der Waals surface area contributed by atoms with Crippen molar-refractivity contribution in [1.82, 2.24) is 20.4 Å². The highest BCUT2D eigenvalue weighted by Gasteiger charge is 2.27. The molecule has 0 bridgehead atoms. The fraction of sp³-hybridized carbons (Fsp3) is 0.706. The highest BCUT2D eigenvalue weighted by atomic mass is 35.5. The van der Waals surface area contributed by atoms with E-state index in [0.717, 1.165) is 50.3 Å². The van der Waals surface area contributed by atoms with Crippen LogP contribution in [0.3, 0.4) is 0 Å². The number of aryl methyl sites for hydroxylation is 1. The lowest BCUT2D eigenvalue weighted by molar-refractivity contribution is 0.0687. The first-order valence-corrected chi connectivity index (χ1v) is 8.72. The number of nitrogens with zero attached hydrogens (tertiary/aromatic N) is 2. The molecule has 0 aliphatic carbocycles. The average Bonchev–Trinajstić information content (AvgIpc) is 2.59. The molecule has 0 radical (unpaired) electrons. The number of amides is 1. The predicted molar refractivity (Wildman–Crippen MR) is 98.0 cm³/mol. The van der Waals surface area contributed by atoms with Crippen LogP contribution >= 0.6 is 12.4 Å². The number of aromatic amines is 1. The summed E-state index contributed by atoms with van der Waals surface area (Å²) in [5, 5.41) is 9.94. The number of hydrogen-bond donors (Lipinski definition) is 2. The number of likely N-dealkylation sites (tertiary alicyclic amines) is 1. The summed E-state index contributed by atoms with van der Waals surface area (Å²) in [6.07, 6.45) is 3.34. The summed E-state index contributed by atoms with van der Waals surface area (Å²) in [6, 6.07) is 0. The van der Waals surface area contributed by atoms with Gasteiger partial charge in [-0.05, 0) is 50.3 Å². The molecule has 1 aromatic heterocycles. The number of carbonyl (C=O) groups excluding carboxylic acids is 1. The van der Waals surface area contributed by atoms with E-state index < -0.39 is 0 Å². The summed E-state index contributed by atoms with van der Waals surface area (Å²) < 4.78 is 0. The maximum atomic E-state index is 12.9. The van der Waals surface area contributed by atoms with Gasteiger partial charge in [0.1, 0.15) is 5.56 Å². The molecular weight excluding hydrogens is 328 g/mol. The quantitative estimate of drug-likeness (QED) is 0.814. The molecule has 1 aliphatic rings. The van der Waals surface area contributed by atoms with Crippen molar-refractivity contribution in [3.8, 4) is 0 Å². The third kappa shape index (κ3) is 4.57. The molecule has 2 N–H and O–H groups in total. The second kappa shape index (κ2) is 9.79. The van der Waals surface area contributed by atoms with E-state index in [1.165, 1.54) is 0 Å². The summed E-state index contributed by atoms with van der Waals surface area (Å²) in [5.74, 6) is 0.480. The van der Waals surface area contributed by atoms with E-state index in [4.69, 9.17) is 0 Å². The van der Waals surface area contributed by atoms with Gasteiger partial charge in [-0.2, -0.15) is 5.10 Å². The normalized spacial score (nSPS) is 15.2. The third-order valence-corrected chi connectivity index (χ3v) is 4.66. The van der Waals surface area contributed by atoms with Crippen LogP contribution < -0.4 is 10.9 Å². The standard InChI is InChI=1S/C17H28N4O2.ClH/c1-4-13-14(5-2)19-20-16(22)15(13)17(23)21-9-7-12(8-10-21)11-18-6-3;/h12,18H,4-11H2,1-3H3,(H,20,22);1H. The van der Waals surface area contributed by atoms with E-state index >= 15 is 0 Å². The van der Waals surface area contributed by atoms with Gasteiger partial charge in [-0.15, -0.1) is 12.4 Å². The fourth-order valence-electron chi connectivity index (χ4n) is 3.27. The van der Waals surface area contributed by atoms with Crippen LogP contribution in [-0.4, -0.2) is 47.2 Å². The molecule has 1 saturated heterocycles. The van der Waals surface area contributed by atoms with Gasteiger partial charge < -0.3 is 10.2 Å². The van der Waals surface area contributed by atoms with Crippen LogP contribution in [0.2, 0.25) is 0 Å². The molecule has 1 aliphatic heterocycles. The number of aromatic nitrogens is 2. The van der Waals surface area contributed by atoms with Crippen molar-refractivity contribution in [2.24, 2.45) is 5.92 Å². The van der Waals surface area contributed by atoms with E-state index in [1.807, 2.05) is 18.7 Å². The second-order valence-electron chi connectivity index (χ2n) is 6.10. The zero-order chi connectivity index (χ0) is 16.8. The Morgan fingerprint density at radius 2 is 1.92 bits per heavy atom. The molecule has 2 heterocycles. The molecule has 1 amide bonds. The lowest BCUT2D eigenvalue weighted by atomic mass is 9.95. The van der Waals surface area contributed by atoms with Crippen molar-refractivity contribution in [1.29, 1.82) is 0 Å². The first-order chi connectivity index (χ1) is 11.1. The van der Waals surface area contributed by atoms with Crippen molar-refractivity contribution in [2.45, 2.75) is 46.5 Å². The van der Waals surface area contributed by atoms with Crippen molar-refractivity contribution in [2.75, 3.05) is 26.2 Å². The Hall–Kier alpha value is -1.40. The van der Waals surface area contributed by atoms with E-state index in [1.54, 1.807) is 0 Å². The predicted octanol–water partition coefficient (Wildman–Crippen LogP) is 1.78. The Bertz CT molecular complexity index is 595. The molecule has 1 fully saturated rings. The van der Waals surface area contributed by atoms with Crippen LogP contribution in [-0.2, 0) is 12.8 Å². The zero-order valence-corrected chi connectivity index (χ0v) is 15.7. The van der Waals surface area contributed by atoms with Crippen LogP contribution in [0.1, 0.15) is 55.2 Å². The minimum absolute atomic E-state index is 0. The van der Waals surface area contributed by atoms with Gasteiger partial charge >= 0.3 is 0 Å². The van der Waals surface area contributed by atoms with Crippen LogP contribution in [0.4, 0.5) is 0 Å². The SMILES string of the molecule is CCNCC1CCN(C(=O)c2c(CC)c(CC)n[nH]c2=O)CC1.Cl. The van der Waals surface area contributed by atoms with Gasteiger partial charge in [-0.25, -0.2) is 5.10 Å². The number of H-pyrrole nitrogens is 1. The average molecular weight is 357 g/mol. The van der Waals surface area contributed by atoms with Gasteiger partial charge in [0.05, 0.1) is 5.69 Å². The zero-order valence-electron chi connectivity index (χ0n) is 14.9. The van der Waals surface area contributed by atoms with Crippen molar-refractivity contribution >= 4 is 18.3 Å². The van der Waals surface area contributed by atoms with E-state index in [2.05, 4.69) is 22.4 Å². The van der Waals surface area contributed by atoms with Crippen molar-refractivity contribution in [3.63, 3.8) is 0 Å². The van der Waals surface area contributed by atoms with Gasteiger partial charge in [0.15, 0.2) is 0 Å². The highest BCUT2D eigenvalue weighted by molar-refractivity contribution is 5.95. The molecule has 136 valence electrons. The molecule has 0 aromatic carbocycles.